The van der Waals surface area contributed by atoms with Crippen LogP contribution in [0.2, 0.25) is 0 Å². The van der Waals surface area contributed by atoms with Gasteiger partial charge in [0.1, 0.15) is 60.7 Å². The van der Waals surface area contributed by atoms with Gasteiger partial charge in [-0.2, -0.15) is 4.98 Å². The minimum absolute atomic E-state index is 0.00445. The summed E-state index contributed by atoms with van der Waals surface area (Å²) in [7, 11) is 0. The fraction of sp³-hybridized carbons (Fsp3) is 0.519. The Morgan fingerprint density at radius 3 is 2.46 bits per heavy atom. The molecule has 0 aliphatic carbocycles. The monoisotopic (exact) mass is 785 g/mol. The summed E-state index contributed by atoms with van der Waals surface area (Å²) in [6, 6.07) is 2.68. The standard InChI is InChI=1S/C19H24N7O9PS.C8H11N3O3S/c20-17-16-18(22-7-21-17)26(8-23-16)14-3-9(28)12(34-14)6-32-36(31,37)35-10-4-15(33-11(10)5-27)25-2-1-13(29)24-19(25)30;9-5-1-2-11(8(13)10-5)6-4-15-7(3-12)14-6/h1-2,7-12,14-15,27-28H,3-6H2,(H,31,37)(H2,20,21,22)(H,24,29,30);1-2,6-7,12H,3-4H2,(H2,9,10,13)/p-1/t9-,10-,11+,12+,14+,15+,36?;6-,7+/m00/s1. The van der Waals surface area contributed by atoms with Gasteiger partial charge in [-0.15, -0.1) is 11.8 Å². The Morgan fingerprint density at radius 2 is 1.75 bits per heavy atom. The third-order valence-electron chi connectivity index (χ3n) is 8.13. The van der Waals surface area contributed by atoms with Crippen molar-refractivity contribution in [1.82, 2.24) is 38.6 Å². The highest BCUT2D eigenvalue weighted by Crippen LogP contribution is 2.46. The molecule has 4 aromatic heterocycles. The Hall–Kier alpha value is -3.65. The maximum atomic E-state index is 12.9. The number of nitrogens with zero attached hydrogens (tertiary/aromatic N) is 7. The number of aliphatic hydroxyl groups is 3. The smallest absolute Gasteiger partial charge is 0.351 e. The summed E-state index contributed by atoms with van der Waals surface area (Å²) in [6.07, 6.45) is 0.0246. The molecule has 7 heterocycles. The third kappa shape index (κ3) is 8.59. The van der Waals surface area contributed by atoms with Crippen LogP contribution in [-0.2, 0) is 35.1 Å². The van der Waals surface area contributed by atoms with Gasteiger partial charge in [-0.05, 0) is 6.07 Å². The molecule has 0 spiro atoms. The van der Waals surface area contributed by atoms with Crippen molar-refractivity contribution in [1.29, 1.82) is 0 Å². The van der Waals surface area contributed by atoms with E-state index in [9.17, 15) is 29.5 Å². The lowest BCUT2D eigenvalue weighted by Gasteiger charge is -2.32. The average Bonchev–Trinajstić information content (AvgIpc) is 3.90. The molecule has 0 saturated carbocycles. The molecule has 0 aromatic carbocycles. The van der Waals surface area contributed by atoms with Crippen LogP contribution >= 0.6 is 18.5 Å². The number of anilines is 2. The summed E-state index contributed by atoms with van der Waals surface area (Å²) >= 11 is 6.48. The molecule has 22 nitrogen and oxygen atoms in total. The predicted octanol–water partition coefficient (Wildman–Crippen LogP) is -2.72. The molecule has 3 aliphatic rings. The van der Waals surface area contributed by atoms with Crippen LogP contribution in [0.1, 0.15) is 31.5 Å². The van der Waals surface area contributed by atoms with Gasteiger partial charge in [0.25, 0.3) is 5.56 Å². The fourth-order valence-corrected chi connectivity index (χ4v) is 8.00. The molecule has 8 N–H and O–H groups in total. The molecule has 9 atom stereocenters. The molecule has 4 aromatic rings. The van der Waals surface area contributed by atoms with Gasteiger partial charge in [0.2, 0.25) is 0 Å². The minimum Gasteiger partial charge on any atom is -0.780 e. The Bertz CT molecular complexity index is 2100. The normalized spacial score (nSPS) is 28.5. The number of rotatable bonds is 10. The minimum atomic E-state index is -4.13. The molecule has 3 fully saturated rings. The summed E-state index contributed by atoms with van der Waals surface area (Å²) in [5.41, 5.74) is 10.0. The second-order valence-corrected chi connectivity index (χ2v) is 15.4. The Morgan fingerprint density at radius 1 is 1.00 bits per heavy atom. The van der Waals surface area contributed by atoms with Crippen LogP contribution in [0.4, 0.5) is 11.6 Å². The van der Waals surface area contributed by atoms with Crippen LogP contribution in [0.25, 0.3) is 11.2 Å². The van der Waals surface area contributed by atoms with Crippen LogP contribution in [0, 0.1) is 0 Å². The van der Waals surface area contributed by atoms with E-state index in [2.05, 4.69) is 24.9 Å². The second-order valence-electron chi connectivity index (χ2n) is 11.5. The van der Waals surface area contributed by atoms with Crippen LogP contribution in [0.3, 0.4) is 0 Å². The summed E-state index contributed by atoms with van der Waals surface area (Å²) < 4.78 is 31.8. The van der Waals surface area contributed by atoms with Crippen LogP contribution in [0.5, 0.6) is 0 Å². The maximum Gasteiger partial charge on any atom is 0.351 e. The zero-order chi connectivity index (χ0) is 37.2. The largest absolute Gasteiger partial charge is 0.780 e. The number of hydrogen-bond donors (Lipinski definition) is 6. The Kier molecular flexibility index (Phi) is 11.8. The van der Waals surface area contributed by atoms with Gasteiger partial charge in [-0.25, -0.2) is 24.5 Å². The van der Waals surface area contributed by atoms with E-state index in [-0.39, 0.29) is 49.4 Å². The molecular formula is C27H34N10O12PS2-. The van der Waals surface area contributed by atoms with Crippen molar-refractivity contribution in [2.24, 2.45) is 0 Å². The van der Waals surface area contributed by atoms with Crippen molar-refractivity contribution in [2.75, 3.05) is 37.0 Å². The topological polar surface area (TPSA) is 315 Å². The molecule has 7 rings (SSSR count). The van der Waals surface area contributed by atoms with E-state index in [1.807, 2.05) is 0 Å². The van der Waals surface area contributed by atoms with Crippen molar-refractivity contribution in [3.8, 4) is 0 Å². The molecular weight excluding hydrogens is 751 g/mol. The first-order valence-electron chi connectivity index (χ1n) is 15.6. The van der Waals surface area contributed by atoms with Gasteiger partial charge in [0.05, 0.1) is 38.4 Å². The highest BCUT2D eigenvalue weighted by atomic mass is 32.5. The first-order chi connectivity index (χ1) is 24.8. The lowest BCUT2D eigenvalue weighted by atomic mass is 10.2. The number of aromatic amines is 1. The summed E-state index contributed by atoms with van der Waals surface area (Å²) in [6.45, 7) is -5.04. The van der Waals surface area contributed by atoms with Crippen molar-refractivity contribution >= 4 is 53.1 Å². The number of thioether (sulfide) groups is 1. The second kappa shape index (κ2) is 16.2. The first kappa shape index (κ1) is 38.1. The SMILES string of the molecule is Nc1ccn([C@@H]2CS[C@H](CO)O2)c(=O)n1.Nc1ncnc2c1ncn2[C@H]1C[C@H](O)[C@@H](COP([O-])(=S)O[C@H]2C[C@H](n3ccc(=O)[nH]c3=O)O[C@@H]2CO)O1. The van der Waals surface area contributed by atoms with Crippen LogP contribution in [0.15, 0.2) is 51.6 Å². The maximum absolute atomic E-state index is 12.9. The summed E-state index contributed by atoms with van der Waals surface area (Å²) in [5.74, 6) is 1.02. The Labute approximate surface area is 301 Å². The van der Waals surface area contributed by atoms with E-state index in [1.54, 1.807) is 16.8 Å². The van der Waals surface area contributed by atoms with Crippen LogP contribution in [-0.4, -0.2) is 109 Å². The van der Waals surface area contributed by atoms with E-state index < -0.39 is 67.1 Å². The molecule has 25 heteroatoms. The molecule has 0 radical (unpaired) electrons. The van der Waals surface area contributed by atoms with Gasteiger partial charge in [0.15, 0.2) is 11.5 Å². The quantitative estimate of drug-likeness (QED) is 0.0890. The van der Waals surface area contributed by atoms with Crippen molar-refractivity contribution in [3.63, 3.8) is 0 Å². The Balaban J connectivity index is 0.000000258. The van der Waals surface area contributed by atoms with E-state index in [0.717, 1.165) is 10.6 Å². The zero-order valence-electron chi connectivity index (χ0n) is 26.9. The van der Waals surface area contributed by atoms with Crippen molar-refractivity contribution < 1.29 is 43.5 Å². The number of nitrogens with two attached hydrogens (primary N) is 2. The summed E-state index contributed by atoms with van der Waals surface area (Å²) in [4.78, 5) is 65.6. The van der Waals surface area contributed by atoms with Gasteiger partial charge >= 0.3 is 11.4 Å². The molecule has 0 amide bonds. The average molecular weight is 786 g/mol. The highest BCUT2D eigenvalue weighted by Gasteiger charge is 2.40. The van der Waals surface area contributed by atoms with Crippen molar-refractivity contribution in [3.05, 3.63) is 68.5 Å². The van der Waals surface area contributed by atoms with Gasteiger partial charge < -0.3 is 54.9 Å². The number of nitrogen functional groups attached to an aromatic ring is 2. The number of aromatic nitrogens is 8. The molecule has 3 aliphatic heterocycles. The van der Waals surface area contributed by atoms with Crippen LogP contribution < -0.4 is 33.3 Å². The number of H-pyrrole nitrogens is 1. The molecule has 3 saturated heterocycles. The van der Waals surface area contributed by atoms with Gasteiger partial charge in [-0.3, -0.25) is 23.5 Å². The number of nitrogens with one attached hydrogen (secondary N) is 1. The first-order valence-corrected chi connectivity index (χ1v) is 19.2. The van der Waals surface area contributed by atoms with E-state index >= 15 is 0 Å². The number of ether oxygens (including phenoxy) is 3. The number of imidazole rings is 1. The van der Waals surface area contributed by atoms with Gasteiger partial charge in [0, 0.05) is 37.1 Å². The number of aliphatic hydroxyl groups excluding tert-OH is 3. The lowest BCUT2D eigenvalue weighted by Crippen LogP contribution is -2.31. The van der Waals surface area contributed by atoms with E-state index in [4.69, 9.17) is 51.6 Å². The van der Waals surface area contributed by atoms with E-state index in [1.165, 1.54) is 35.2 Å². The molecule has 282 valence electrons. The van der Waals surface area contributed by atoms with Crippen molar-refractivity contribution in [2.45, 2.75) is 61.4 Å². The molecule has 0 bridgehead atoms. The third-order valence-corrected chi connectivity index (χ3v) is 10.8. The number of hydrogen-bond acceptors (Lipinski definition) is 20. The predicted molar refractivity (Wildman–Crippen MR) is 183 cm³/mol. The molecule has 1 unspecified atom stereocenters. The molecule has 52 heavy (non-hydrogen) atoms. The van der Waals surface area contributed by atoms with E-state index in [0.29, 0.717) is 16.9 Å². The van der Waals surface area contributed by atoms with Gasteiger partial charge in [-0.1, -0.05) is 11.8 Å². The highest BCUT2D eigenvalue weighted by molar-refractivity contribution is 8.06. The lowest BCUT2D eigenvalue weighted by molar-refractivity contribution is -0.215. The summed E-state index contributed by atoms with van der Waals surface area (Å²) in [5, 5.41) is 29.0. The fourth-order valence-electron chi connectivity index (χ4n) is 5.61. The number of fused-ring (bicyclic) bond motifs is 1. The zero-order valence-corrected chi connectivity index (χ0v) is 29.4.